The van der Waals surface area contributed by atoms with Gasteiger partial charge in [-0.3, -0.25) is 0 Å². The van der Waals surface area contributed by atoms with Crippen LogP contribution in [-0.2, 0) is 0 Å². The Kier molecular flexibility index (Phi) is 15.2. The van der Waals surface area contributed by atoms with E-state index in [0.29, 0.717) is 0 Å². The lowest BCUT2D eigenvalue weighted by molar-refractivity contribution is -0.0328. The second-order valence-electron chi connectivity index (χ2n) is 2.42. The highest BCUT2D eigenvalue weighted by Crippen LogP contribution is 2.48. The molecule has 0 heterocycles. The van der Waals surface area contributed by atoms with Crippen molar-refractivity contribution in [2.24, 2.45) is 5.41 Å². The first kappa shape index (κ1) is 17.0. The van der Waals surface area contributed by atoms with E-state index in [1.54, 1.807) is 0 Å². The second kappa shape index (κ2) is 11.6. The average Bonchev–Trinajstić information content (AvgIpc) is 2.23. The lowest BCUT2D eigenvalue weighted by Gasteiger charge is -2.23. The van der Waals surface area contributed by atoms with Crippen molar-refractivity contribution in [3.63, 3.8) is 0 Å². The largest absolute Gasteiger partial charge is 0.396 e. The molecule has 0 rings (SSSR count). The van der Waals surface area contributed by atoms with Gasteiger partial charge in [-0.15, -0.1) is 17.9 Å². The van der Waals surface area contributed by atoms with Gasteiger partial charge in [-0.05, 0) is 0 Å². The van der Waals surface area contributed by atoms with E-state index in [9.17, 15) is 0 Å². The number of hydrogen-bond acceptors (Lipinski definition) is 4. The van der Waals surface area contributed by atoms with Crippen LogP contribution >= 0.6 is 33.8 Å². The summed E-state index contributed by atoms with van der Waals surface area (Å²) in [6.07, 6.45) is 0. The number of hydrogen-bond donors (Lipinski definition) is 4. The maximum atomic E-state index is 8.50. The Labute approximate surface area is 86.6 Å². The highest BCUT2D eigenvalue weighted by atomic mass is 32.6. The van der Waals surface area contributed by atoms with Crippen LogP contribution in [0.4, 0.5) is 0 Å². The number of aliphatic hydroxyl groups is 4. The van der Waals surface area contributed by atoms with Gasteiger partial charge in [0.25, 0.3) is 0 Å². The van der Waals surface area contributed by atoms with Crippen molar-refractivity contribution in [2.75, 3.05) is 26.4 Å². The lowest BCUT2D eigenvalue weighted by atomic mass is 9.93. The van der Waals surface area contributed by atoms with E-state index in [0.717, 1.165) is 15.9 Å². The van der Waals surface area contributed by atoms with Gasteiger partial charge >= 0.3 is 0 Å². The summed E-state index contributed by atoms with van der Waals surface area (Å²) < 4.78 is 0. The van der Waals surface area contributed by atoms with Gasteiger partial charge in [0.2, 0.25) is 0 Å². The van der Waals surface area contributed by atoms with Crippen LogP contribution in [0, 0.1) is 5.41 Å². The van der Waals surface area contributed by atoms with E-state index in [4.69, 9.17) is 20.4 Å². The van der Waals surface area contributed by atoms with Gasteiger partial charge in [-0.25, -0.2) is 0 Å². The smallest absolute Gasteiger partial charge is 0.0627 e. The molecule has 0 aliphatic carbocycles. The summed E-state index contributed by atoms with van der Waals surface area (Å²) in [7, 11) is 7.44. The third kappa shape index (κ3) is 8.55. The van der Waals surface area contributed by atoms with Crippen LogP contribution in [0.15, 0.2) is 0 Å². The molecule has 0 saturated heterocycles. The van der Waals surface area contributed by atoms with E-state index >= 15 is 0 Å². The second-order valence-corrected chi connectivity index (χ2v) is 9.93. The average molecular weight is 266 g/mol. The Morgan fingerprint density at radius 3 is 1.00 bits per heavy atom. The van der Waals surface area contributed by atoms with Crippen LogP contribution in [0.3, 0.4) is 0 Å². The molecule has 0 amide bonds. The van der Waals surface area contributed by atoms with E-state index in [1.807, 2.05) is 0 Å². The molecule has 4 unspecified atom stereocenters. The van der Waals surface area contributed by atoms with E-state index < -0.39 is 31.8 Å². The molecular formula is C5H18O4P4. The molecule has 4 nitrogen and oxygen atoms in total. The van der Waals surface area contributed by atoms with Crippen molar-refractivity contribution >= 4 is 33.8 Å². The molecule has 0 fully saturated rings. The van der Waals surface area contributed by atoms with Crippen LogP contribution in [-0.4, -0.2) is 46.9 Å². The molecule has 8 heteroatoms. The zero-order valence-electron chi connectivity index (χ0n) is 7.27. The van der Waals surface area contributed by atoms with Gasteiger partial charge in [-0.2, -0.15) is 0 Å². The minimum Gasteiger partial charge on any atom is -0.396 e. The predicted molar refractivity (Wildman–Crippen MR) is 66.8 cm³/mol. The zero-order chi connectivity index (χ0) is 10.7. The predicted octanol–water partition coefficient (Wildman–Crippen LogP) is -0.219. The molecule has 0 aromatic carbocycles. The van der Waals surface area contributed by atoms with Crippen molar-refractivity contribution in [3.8, 4) is 0 Å². The Balaban J connectivity index is 0. The molecule has 4 atom stereocenters. The monoisotopic (exact) mass is 266 g/mol. The summed E-state index contributed by atoms with van der Waals surface area (Å²) in [6.45, 7) is -1.62. The van der Waals surface area contributed by atoms with Gasteiger partial charge in [0.15, 0.2) is 0 Å². The normalized spacial score (nSPS) is 12.5. The lowest BCUT2D eigenvalue weighted by Crippen LogP contribution is -2.37. The minimum atomic E-state index is -1.11. The number of rotatable bonds is 5. The molecule has 4 N–H and O–H groups in total. The fraction of sp³-hybridized carbons (Fsp3) is 1.00. The summed E-state index contributed by atoms with van der Waals surface area (Å²) in [5.41, 5.74) is -1.11. The summed E-state index contributed by atoms with van der Waals surface area (Å²) in [5, 5.41) is 34.0. The van der Waals surface area contributed by atoms with Crippen molar-refractivity contribution in [2.45, 2.75) is 0 Å². The molecule has 0 aliphatic rings. The Hall–Kier alpha value is 1.56. The first-order valence-electron chi connectivity index (χ1n) is 3.51. The van der Waals surface area contributed by atoms with Crippen LogP contribution in [0.5, 0.6) is 0 Å². The van der Waals surface area contributed by atoms with Crippen molar-refractivity contribution in [3.05, 3.63) is 0 Å². The highest BCUT2D eigenvalue weighted by molar-refractivity contribution is 8.54. The van der Waals surface area contributed by atoms with Crippen molar-refractivity contribution in [1.29, 1.82) is 0 Å². The molecule has 0 spiro atoms. The Morgan fingerprint density at radius 1 is 0.769 bits per heavy atom. The topological polar surface area (TPSA) is 80.9 Å². The van der Waals surface area contributed by atoms with Crippen LogP contribution in [0.1, 0.15) is 0 Å². The highest BCUT2D eigenvalue weighted by Gasteiger charge is 2.26. The fourth-order valence-corrected chi connectivity index (χ4v) is 0.300. The molecule has 0 saturated carbocycles. The van der Waals surface area contributed by atoms with Gasteiger partial charge in [0.05, 0.1) is 31.8 Å². The summed E-state index contributed by atoms with van der Waals surface area (Å²) in [4.78, 5) is 0. The molecule has 82 valence electrons. The van der Waals surface area contributed by atoms with Crippen molar-refractivity contribution < 1.29 is 20.4 Å². The SMILES string of the molecule is OCC(CO)(CO)CO.PPPP. The first-order chi connectivity index (χ1) is 6.16. The summed E-state index contributed by atoms with van der Waals surface area (Å²) in [6, 6.07) is 0. The maximum absolute atomic E-state index is 8.50. The Morgan fingerprint density at radius 2 is 1.00 bits per heavy atom. The van der Waals surface area contributed by atoms with Crippen LogP contribution in [0.25, 0.3) is 0 Å². The first-order valence-corrected chi connectivity index (χ1v) is 10.1. The third-order valence-electron chi connectivity index (χ3n) is 1.42. The van der Waals surface area contributed by atoms with Gasteiger partial charge in [-0.1, -0.05) is 15.9 Å². The zero-order valence-corrected chi connectivity index (χ0v) is 11.6. The molecule has 0 aromatic rings. The molecule has 13 heavy (non-hydrogen) atoms. The van der Waals surface area contributed by atoms with Crippen molar-refractivity contribution in [1.82, 2.24) is 0 Å². The fourth-order valence-electron chi connectivity index (χ4n) is 0.300. The van der Waals surface area contributed by atoms with E-state index in [1.165, 1.54) is 0 Å². The quantitative estimate of drug-likeness (QED) is 0.519. The summed E-state index contributed by atoms with van der Waals surface area (Å²) in [5.74, 6) is 0. The summed E-state index contributed by atoms with van der Waals surface area (Å²) >= 11 is 0. The van der Waals surface area contributed by atoms with Crippen LogP contribution in [0.2, 0.25) is 0 Å². The molecule has 0 bridgehead atoms. The molecule has 0 aromatic heterocycles. The van der Waals surface area contributed by atoms with Crippen LogP contribution < -0.4 is 0 Å². The minimum absolute atomic E-state index is 0.406. The van der Waals surface area contributed by atoms with Gasteiger partial charge < -0.3 is 20.4 Å². The molecule has 0 aliphatic heterocycles. The standard InChI is InChI=1S/C5H12O4.H6P4/c6-1-5(2-7,3-8)4-9;1-3-4-2/h6-9H,1-4H2;3-4H,1-2H2. The van der Waals surface area contributed by atoms with Gasteiger partial charge in [0, 0.05) is 0 Å². The molecular weight excluding hydrogens is 248 g/mol. The molecule has 0 radical (unpaired) electrons. The Bertz CT molecular complexity index is 81.0. The van der Waals surface area contributed by atoms with Gasteiger partial charge in [0.1, 0.15) is 0 Å². The maximum Gasteiger partial charge on any atom is 0.0627 e. The number of aliphatic hydroxyl groups excluding tert-OH is 4. The van der Waals surface area contributed by atoms with E-state index in [-0.39, 0.29) is 0 Å². The third-order valence-corrected chi connectivity index (χ3v) is 8.09. The van der Waals surface area contributed by atoms with E-state index in [2.05, 4.69) is 17.9 Å².